The second kappa shape index (κ2) is 7.45. The quantitative estimate of drug-likeness (QED) is 0.747. The maximum atomic E-state index is 12.4. The first kappa shape index (κ1) is 17.0. The van der Waals surface area contributed by atoms with Crippen molar-refractivity contribution in [2.24, 2.45) is 5.92 Å². The number of para-hydroxylation sites is 2. The molecule has 1 saturated heterocycles. The summed E-state index contributed by atoms with van der Waals surface area (Å²) in [5, 5.41) is 6.18. The van der Waals surface area contributed by atoms with Crippen molar-refractivity contribution in [2.75, 3.05) is 24.5 Å². The van der Waals surface area contributed by atoms with E-state index in [0.29, 0.717) is 12.6 Å². The number of piperidine rings is 1. The number of hydrogen-bond acceptors (Lipinski definition) is 6. The molecule has 6 nitrogen and oxygen atoms in total. The van der Waals surface area contributed by atoms with E-state index in [1.807, 2.05) is 31.2 Å². The van der Waals surface area contributed by atoms with E-state index >= 15 is 0 Å². The van der Waals surface area contributed by atoms with E-state index in [-0.39, 0.29) is 11.8 Å². The number of nitrogens with zero attached hydrogens (tertiary/aromatic N) is 3. The highest BCUT2D eigenvalue weighted by Gasteiger charge is 2.27. The van der Waals surface area contributed by atoms with E-state index in [1.54, 1.807) is 11.3 Å². The lowest BCUT2D eigenvalue weighted by atomic mass is 9.96. The number of fused-ring (bicyclic) bond motifs is 1. The fourth-order valence-electron chi connectivity index (χ4n) is 3.31. The van der Waals surface area contributed by atoms with Crippen LogP contribution in [0.4, 0.5) is 6.01 Å². The highest BCUT2D eigenvalue weighted by atomic mass is 32.1. The number of nitrogens with one attached hydrogen (secondary N) is 1. The third-order valence-electron chi connectivity index (χ3n) is 4.77. The Bertz CT molecular complexity index is 863. The highest BCUT2D eigenvalue weighted by molar-refractivity contribution is 7.09. The molecule has 4 rings (SSSR count). The average molecular weight is 370 g/mol. The van der Waals surface area contributed by atoms with Crippen molar-refractivity contribution in [3.8, 4) is 0 Å². The molecule has 0 bridgehead atoms. The van der Waals surface area contributed by atoms with Crippen LogP contribution in [-0.2, 0) is 11.2 Å². The molecule has 0 aliphatic carbocycles. The third-order valence-corrected chi connectivity index (χ3v) is 5.59. The van der Waals surface area contributed by atoms with E-state index in [9.17, 15) is 4.79 Å². The number of oxazole rings is 1. The zero-order valence-corrected chi connectivity index (χ0v) is 15.6. The molecular formula is C19H22N4O2S. The molecule has 1 fully saturated rings. The topological polar surface area (TPSA) is 71.3 Å². The van der Waals surface area contributed by atoms with Gasteiger partial charge in [0.15, 0.2) is 5.58 Å². The van der Waals surface area contributed by atoms with Gasteiger partial charge < -0.3 is 14.6 Å². The SMILES string of the molecule is Cc1nc(CCNC(=O)C2CCN(c3nc4ccccc4o3)CC2)cs1. The van der Waals surface area contributed by atoms with Crippen LogP contribution < -0.4 is 10.2 Å². The molecule has 0 unspecified atom stereocenters. The molecule has 26 heavy (non-hydrogen) atoms. The van der Waals surface area contributed by atoms with Crippen LogP contribution in [0.5, 0.6) is 0 Å². The molecule has 0 radical (unpaired) electrons. The van der Waals surface area contributed by atoms with E-state index in [0.717, 1.165) is 54.2 Å². The second-order valence-electron chi connectivity index (χ2n) is 6.62. The first-order valence-corrected chi connectivity index (χ1v) is 9.86. The minimum Gasteiger partial charge on any atom is -0.423 e. The molecule has 136 valence electrons. The Morgan fingerprint density at radius 3 is 2.85 bits per heavy atom. The number of thiazole rings is 1. The molecule has 1 aromatic carbocycles. The summed E-state index contributed by atoms with van der Waals surface area (Å²) in [6.07, 6.45) is 2.43. The Labute approximate surface area is 156 Å². The van der Waals surface area contributed by atoms with Crippen LogP contribution in [0.3, 0.4) is 0 Å². The first-order valence-electron chi connectivity index (χ1n) is 8.98. The van der Waals surface area contributed by atoms with Crippen LogP contribution in [0, 0.1) is 12.8 Å². The predicted octanol–water partition coefficient (Wildman–Crippen LogP) is 3.17. The zero-order valence-electron chi connectivity index (χ0n) is 14.8. The summed E-state index contributed by atoms with van der Waals surface area (Å²) in [6.45, 7) is 4.22. The Morgan fingerprint density at radius 2 is 2.12 bits per heavy atom. The highest BCUT2D eigenvalue weighted by Crippen LogP contribution is 2.26. The van der Waals surface area contributed by atoms with Crippen molar-refractivity contribution in [3.05, 3.63) is 40.3 Å². The Balaban J connectivity index is 1.26. The van der Waals surface area contributed by atoms with Gasteiger partial charge in [-0.05, 0) is 31.9 Å². The normalized spacial score (nSPS) is 15.5. The summed E-state index contributed by atoms with van der Waals surface area (Å²) in [7, 11) is 0. The average Bonchev–Trinajstić information content (AvgIpc) is 3.27. The van der Waals surface area contributed by atoms with Gasteiger partial charge in [-0.1, -0.05) is 12.1 Å². The number of amides is 1. The van der Waals surface area contributed by atoms with Crippen molar-refractivity contribution >= 4 is 34.4 Å². The fourth-order valence-corrected chi connectivity index (χ4v) is 3.96. The van der Waals surface area contributed by atoms with Gasteiger partial charge >= 0.3 is 0 Å². The maximum absolute atomic E-state index is 12.4. The Morgan fingerprint density at radius 1 is 1.31 bits per heavy atom. The molecule has 0 atom stereocenters. The van der Waals surface area contributed by atoms with Crippen LogP contribution in [0.25, 0.3) is 11.1 Å². The number of aromatic nitrogens is 2. The zero-order chi connectivity index (χ0) is 17.9. The van der Waals surface area contributed by atoms with E-state index in [2.05, 4.69) is 25.6 Å². The standard InChI is InChI=1S/C19H22N4O2S/c1-13-21-15(12-26-13)6-9-20-18(24)14-7-10-23(11-8-14)19-22-16-4-2-3-5-17(16)25-19/h2-5,12,14H,6-11H2,1H3,(H,20,24). The fraction of sp³-hybridized carbons (Fsp3) is 0.421. The van der Waals surface area contributed by atoms with Crippen LogP contribution in [-0.4, -0.2) is 35.5 Å². The van der Waals surface area contributed by atoms with Crippen LogP contribution in [0.2, 0.25) is 0 Å². The van der Waals surface area contributed by atoms with Crippen molar-refractivity contribution in [1.82, 2.24) is 15.3 Å². The molecule has 7 heteroatoms. The molecule has 0 saturated carbocycles. The summed E-state index contributed by atoms with van der Waals surface area (Å²) in [6, 6.07) is 8.44. The van der Waals surface area contributed by atoms with Gasteiger partial charge in [-0.25, -0.2) is 4.98 Å². The predicted molar refractivity (Wildman–Crippen MR) is 103 cm³/mol. The number of anilines is 1. The maximum Gasteiger partial charge on any atom is 0.298 e. The molecular weight excluding hydrogens is 348 g/mol. The first-order chi connectivity index (χ1) is 12.7. The summed E-state index contributed by atoms with van der Waals surface area (Å²) in [4.78, 5) is 23.5. The van der Waals surface area contributed by atoms with Gasteiger partial charge in [0, 0.05) is 37.4 Å². The number of aryl methyl sites for hydroxylation is 1. The molecule has 0 spiro atoms. The lowest BCUT2D eigenvalue weighted by Crippen LogP contribution is -2.41. The molecule has 3 heterocycles. The number of carbonyl (C=O) groups is 1. The summed E-state index contributed by atoms with van der Waals surface area (Å²) < 4.78 is 5.83. The summed E-state index contributed by atoms with van der Waals surface area (Å²) >= 11 is 1.65. The molecule has 3 aromatic rings. The van der Waals surface area contributed by atoms with Crippen molar-refractivity contribution < 1.29 is 9.21 Å². The van der Waals surface area contributed by atoms with Gasteiger partial charge in [0.2, 0.25) is 5.91 Å². The molecule has 1 aliphatic rings. The molecule has 1 amide bonds. The van der Waals surface area contributed by atoms with Gasteiger partial charge in [-0.3, -0.25) is 4.79 Å². The van der Waals surface area contributed by atoms with E-state index in [4.69, 9.17) is 4.42 Å². The van der Waals surface area contributed by atoms with Crippen LogP contribution >= 0.6 is 11.3 Å². The largest absolute Gasteiger partial charge is 0.423 e. The van der Waals surface area contributed by atoms with Gasteiger partial charge in [-0.15, -0.1) is 11.3 Å². The molecule has 2 aromatic heterocycles. The molecule has 1 aliphatic heterocycles. The Hall–Kier alpha value is -2.41. The van der Waals surface area contributed by atoms with E-state index < -0.39 is 0 Å². The lowest BCUT2D eigenvalue weighted by Gasteiger charge is -2.30. The summed E-state index contributed by atoms with van der Waals surface area (Å²) in [5.41, 5.74) is 2.73. The Kier molecular flexibility index (Phi) is 4.88. The van der Waals surface area contributed by atoms with Crippen molar-refractivity contribution in [2.45, 2.75) is 26.2 Å². The van der Waals surface area contributed by atoms with E-state index in [1.165, 1.54) is 0 Å². The van der Waals surface area contributed by atoms with Crippen molar-refractivity contribution in [3.63, 3.8) is 0 Å². The number of benzene rings is 1. The van der Waals surface area contributed by atoms with Gasteiger partial charge in [-0.2, -0.15) is 4.98 Å². The minimum atomic E-state index is 0.0628. The smallest absolute Gasteiger partial charge is 0.298 e. The number of carbonyl (C=O) groups excluding carboxylic acids is 1. The van der Waals surface area contributed by atoms with Crippen molar-refractivity contribution in [1.29, 1.82) is 0 Å². The van der Waals surface area contributed by atoms with Crippen LogP contribution in [0.1, 0.15) is 23.5 Å². The van der Waals surface area contributed by atoms with Gasteiger partial charge in [0.25, 0.3) is 6.01 Å². The summed E-state index contributed by atoms with van der Waals surface area (Å²) in [5.74, 6) is 0.210. The minimum absolute atomic E-state index is 0.0628. The third kappa shape index (κ3) is 3.72. The lowest BCUT2D eigenvalue weighted by molar-refractivity contribution is -0.125. The number of rotatable bonds is 5. The molecule has 1 N–H and O–H groups in total. The number of hydrogen-bond donors (Lipinski definition) is 1. The van der Waals surface area contributed by atoms with Crippen LogP contribution in [0.15, 0.2) is 34.1 Å². The second-order valence-corrected chi connectivity index (χ2v) is 7.69. The monoisotopic (exact) mass is 370 g/mol. The van der Waals surface area contributed by atoms with Gasteiger partial charge in [0.1, 0.15) is 5.52 Å². The van der Waals surface area contributed by atoms with Gasteiger partial charge in [0.05, 0.1) is 10.7 Å².